The summed E-state index contributed by atoms with van der Waals surface area (Å²) < 4.78 is 26.8. The topological polar surface area (TPSA) is 12.0 Å². The molecule has 0 saturated carbocycles. The number of rotatable bonds is 11. The second-order valence-corrected chi connectivity index (χ2v) is 5.81. The van der Waals surface area contributed by atoms with E-state index in [1.54, 1.807) is 12.1 Å². The van der Waals surface area contributed by atoms with E-state index in [0.717, 1.165) is 12.8 Å². The van der Waals surface area contributed by atoms with Crippen molar-refractivity contribution in [3.63, 3.8) is 0 Å². The summed E-state index contributed by atoms with van der Waals surface area (Å²) in [4.78, 5) is 0. The van der Waals surface area contributed by atoms with Crippen molar-refractivity contribution in [1.82, 2.24) is 5.32 Å². The Balaban J connectivity index is 2.27. The maximum atomic E-state index is 13.7. The average Bonchev–Trinajstić information content (AvgIpc) is 2.49. The van der Waals surface area contributed by atoms with Crippen LogP contribution in [-0.4, -0.2) is 13.1 Å². The van der Waals surface area contributed by atoms with Gasteiger partial charge in [0.1, 0.15) is 0 Å². The highest BCUT2D eigenvalue weighted by Gasteiger charge is 2.12. The van der Waals surface area contributed by atoms with Gasteiger partial charge in [-0.3, -0.25) is 0 Å². The molecule has 3 heteroatoms. The van der Waals surface area contributed by atoms with E-state index >= 15 is 0 Å². The van der Waals surface area contributed by atoms with Crippen LogP contribution in [0.3, 0.4) is 0 Å². The van der Waals surface area contributed by atoms with Crippen LogP contribution in [0.1, 0.15) is 63.9 Å². The molecule has 0 aliphatic heterocycles. The third-order valence-corrected chi connectivity index (χ3v) is 4.06. The molecule has 0 spiro atoms. The number of halogens is 2. The lowest BCUT2D eigenvalue weighted by molar-refractivity contribution is 0.456. The van der Waals surface area contributed by atoms with Gasteiger partial charge in [0.2, 0.25) is 0 Å². The van der Waals surface area contributed by atoms with E-state index < -0.39 is 11.6 Å². The van der Waals surface area contributed by atoms with Crippen molar-refractivity contribution in [3.05, 3.63) is 35.4 Å². The van der Waals surface area contributed by atoms with Gasteiger partial charge in [0, 0.05) is 6.04 Å². The van der Waals surface area contributed by atoms with Gasteiger partial charge < -0.3 is 5.32 Å². The van der Waals surface area contributed by atoms with E-state index in [0.29, 0.717) is 12.0 Å². The normalized spacial score (nSPS) is 12.6. The highest BCUT2D eigenvalue weighted by Crippen LogP contribution is 2.16. The highest BCUT2D eigenvalue weighted by molar-refractivity contribution is 5.20. The van der Waals surface area contributed by atoms with Crippen LogP contribution in [0.25, 0.3) is 0 Å². The molecule has 21 heavy (non-hydrogen) atoms. The Morgan fingerprint density at radius 3 is 2.33 bits per heavy atom. The number of likely N-dealkylation sites (N-methyl/N-ethyl adjacent to an activating group) is 1. The van der Waals surface area contributed by atoms with Gasteiger partial charge in [-0.2, -0.15) is 0 Å². The van der Waals surface area contributed by atoms with Crippen molar-refractivity contribution in [2.75, 3.05) is 7.05 Å². The minimum atomic E-state index is -0.752. The van der Waals surface area contributed by atoms with Crippen molar-refractivity contribution in [2.45, 2.75) is 70.8 Å². The zero-order chi connectivity index (χ0) is 15.5. The first-order chi connectivity index (χ1) is 10.2. The van der Waals surface area contributed by atoms with Crippen LogP contribution >= 0.6 is 0 Å². The molecule has 0 amide bonds. The van der Waals surface area contributed by atoms with Crippen LogP contribution in [0, 0.1) is 11.6 Å². The first kappa shape index (κ1) is 18.1. The molecule has 0 aliphatic rings. The second-order valence-electron chi connectivity index (χ2n) is 5.81. The van der Waals surface area contributed by atoms with Gasteiger partial charge in [0.15, 0.2) is 11.6 Å². The van der Waals surface area contributed by atoms with E-state index in [2.05, 4.69) is 12.2 Å². The largest absolute Gasteiger partial charge is 0.317 e. The number of hydrogen-bond donors (Lipinski definition) is 1. The van der Waals surface area contributed by atoms with Crippen LogP contribution in [0.5, 0.6) is 0 Å². The molecule has 1 N–H and O–H groups in total. The first-order valence-corrected chi connectivity index (χ1v) is 8.29. The summed E-state index contributed by atoms with van der Waals surface area (Å²) in [6, 6.07) is 4.64. The van der Waals surface area contributed by atoms with Gasteiger partial charge in [-0.1, -0.05) is 64.0 Å². The average molecular weight is 297 g/mol. The zero-order valence-electron chi connectivity index (χ0n) is 13.4. The molecule has 120 valence electrons. The van der Waals surface area contributed by atoms with Crippen LogP contribution < -0.4 is 5.32 Å². The van der Waals surface area contributed by atoms with Crippen LogP contribution in [0.2, 0.25) is 0 Å². The first-order valence-electron chi connectivity index (χ1n) is 8.29. The fourth-order valence-electron chi connectivity index (χ4n) is 2.67. The summed E-state index contributed by atoms with van der Waals surface area (Å²) >= 11 is 0. The molecule has 0 bridgehead atoms. The lowest BCUT2D eigenvalue weighted by Gasteiger charge is -2.16. The lowest BCUT2D eigenvalue weighted by atomic mass is 9.99. The Bertz CT molecular complexity index is 393. The molecule has 0 radical (unpaired) electrons. The molecule has 0 fully saturated rings. The predicted octanol–water partition coefficient (Wildman–Crippen LogP) is 5.24. The van der Waals surface area contributed by atoms with Crippen molar-refractivity contribution in [3.8, 4) is 0 Å². The molecule has 0 heterocycles. The van der Waals surface area contributed by atoms with Crippen molar-refractivity contribution < 1.29 is 8.78 Å². The summed E-state index contributed by atoms with van der Waals surface area (Å²) in [6.45, 7) is 2.23. The van der Waals surface area contributed by atoms with E-state index in [1.807, 2.05) is 7.05 Å². The van der Waals surface area contributed by atoms with E-state index in [1.165, 1.54) is 44.6 Å². The van der Waals surface area contributed by atoms with Crippen LogP contribution in [-0.2, 0) is 6.42 Å². The third kappa shape index (κ3) is 7.03. The minimum absolute atomic E-state index is 0.219. The standard InChI is InChI=1S/C18H29F2N/c1-3-4-5-6-7-8-9-12-16(21-2)14-15-11-10-13-17(19)18(15)20/h10-11,13,16,21H,3-9,12,14H2,1-2H3. The molecule has 1 aromatic carbocycles. The fourth-order valence-corrected chi connectivity index (χ4v) is 2.67. The monoisotopic (exact) mass is 297 g/mol. The molecular formula is C18H29F2N. The van der Waals surface area contributed by atoms with Crippen molar-refractivity contribution in [1.29, 1.82) is 0 Å². The SMILES string of the molecule is CCCCCCCCCC(Cc1cccc(F)c1F)NC. The predicted molar refractivity (Wildman–Crippen MR) is 85.5 cm³/mol. The number of nitrogens with one attached hydrogen (secondary N) is 1. The molecule has 1 nitrogen and oxygen atoms in total. The molecular weight excluding hydrogens is 268 g/mol. The number of unbranched alkanes of at least 4 members (excludes halogenated alkanes) is 6. The Morgan fingerprint density at radius 1 is 1.00 bits per heavy atom. The highest BCUT2D eigenvalue weighted by atomic mass is 19.2. The smallest absolute Gasteiger partial charge is 0.162 e. The maximum absolute atomic E-state index is 13.7. The van der Waals surface area contributed by atoms with E-state index in [4.69, 9.17) is 0 Å². The number of benzene rings is 1. The van der Waals surface area contributed by atoms with Gasteiger partial charge in [0.05, 0.1) is 0 Å². The molecule has 1 unspecified atom stereocenters. The Labute approximate surface area is 128 Å². The van der Waals surface area contributed by atoms with Gasteiger partial charge in [0.25, 0.3) is 0 Å². The lowest BCUT2D eigenvalue weighted by Crippen LogP contribution is -2.28. The summed E-state index contributed by atoms with van der Waals surface area (Å²) in [7, 11) is 1.89. The number of hydrogen-bond acceptors (Lipinski definition) is 1. The second kappa shape index (κ2) is 10.7. The molecule has 0 aliphatic carbocycles. The van der Waals surface area contributed by atoms with Crippen LogP contribution in [0.15, 0.2) is 18.2 Å². The molecule has 0 aromatic heterocycles. The van der Waals surface area contributed by atoms with Crippen LogP contribution in [0.4, 0.5) is 8.78 Å². The molecule has 1 atom stereocenters. The maximum Gasteiger partial charge on any atom is 0.162 e. The van der Waals surface area contributed by atoms with Gasteiger partial charge in [-0.05, 0) is 31.5 Å². The fraction of sp³-hybridized carbons (Fsp3) is 0.667. The van der Waals surface area contributed by atoms with Crippen molar-refractivity contribution >= 4 is 0 Å². The summed E-state index contributed by atoms with van der Waals surface area (Å²) in [5, 5.41) is 3.22. The van der Waals surface area contributed by atoms with E-state index in [-0.39, 0.29) is 6.04 Å². The summed E-state index contributed by atoms with van der Waals surface area (Å²) in [5.41, 5.74) is 0.470. The third-order valence-electron chi connectivity index (χ3n) is 4.06. The molecule has 0 saturated heterocycles. The van der Waals surface area contributed by atoms with Gasteiger partial charge in [-0.15, -0.1) is 0 Å². The quantitative estimate of drug-likeness (QED) is 0.551. The Kier molecular flexibility index (Phi) is 9.24. The van der Waals surface area contributed by atoms with E-state index in [9.17, 15) is 8.78 Å². The zero-order valence-corrected chi connectivity index (χ0v) is 13.4. The Morgan fingerprint density at radius 2 is 1.67 bits per heavy atom. The minimum Gasteiger partial charge on any atom is -0.317 e. The van der Waals surface area contributed by atoms with Gasteiger partial charge >= 0.3 is 0 Å². The molecule has 1 aromatic rings. The van der Waals surface area contributed by atoms with Crippen molar-refractivity contribution in [2.24, 2.45) is 0 Å². The van der Waals surface area contributed by atoms with Gasteiger partial charge in [-0.25, -0.2) is 8.78 Å². The molecule has 1 rings (SSSR count). The summed E-state index contributed by atoms with van der Waals surface area (Å²) in [6.07, 6.45) is 10.5. The summed E-state index contributed by atoms with van der Waals surface area (Å²) in [5.74, 6) is -1.45. The Hall–Kier alpha value is -0.960.